The van der Waals surface area contributed by atoms with E-state index in [0.29, 0.717) is 29.9 Å². The second-order valence-electron chi connectivity index (χ2n) is 6.08. The first kappa shape index (κ1) is 17.9. The molecule has 2 aromatic heterocycles. The van der Waals surface area contributed by atoms with Gasteiger partial charge in [0, 0.05) is 42.8 Å². The molecule has 6 nitrogen and oxygen atoms in total. The largest absolute Gasteiger partial charge is 0.416 e. The second-order valence-corrected chi connectivity index (χ2v) is 6.08. The van der Waals surface area contributed by atoms with Crippen LogP contribution in [0.15, 0.2) is 30.7 Å². The highest BCUT2D eigenvalue weighted by Crippen LogP contribution is 2.32. The topological polar surface area (TPSA) is 93.9 Å². The Bertz CT molecular complexity index is 828. The summed E-state index contributed by atoms with van der Waals surface area (Å²) in [6.45, 7) is -0.108. The van der Waals surface area contributed by atoms with Crippen molar-refractivity contribution in [3.05, 3.63) is 47.4 Å². The Kier molecular flexibility index (Phi) is 4.95. The van der Waals surface area contributed by atoms with Crippen LogP contribution >= 0.6 is 0 Å². The minimum atomic E-state index is -4.46. The maximum absolute atomic E-state index is 13.0. The van der Waals surface area contributed by atoms with E-state index >= 15 is 0 Å². The molecule has 0 unspecified atom stereocenters. The summed E-state index contributed by atoms with van der Waals surface area (Å²) in [5, 5.41) is 24.5. The Morgan fingerprint density at radius 2 is 2.08 bits per heavy atom. The van der Waals surface area contributed by atoms with E-state index in [0.717, 1.165) is 18.5 Å². The number of hydrogen-bond acceptors (Lipinski definition) is 6. The van der Waals surface area contributed by atoms with Crippen LogP contribution in [0.25, 0.3) is 0 Å². The van der Waals surface area contributed by atoms with E-state index in [9.17, 15) is 18.3 Å². The Morgan fingerprint density at radius 3 is 2.73 bits per heavy atom. The average molecular weight is 363 g/mol. The molecule has 0 atom stereocenters. The summed E-state index contributed by atoms with van der Waals surface area (Å²) >= 11 is 0. The summed E-state index contributed by atoms with van der Waals surface area (Å²) in [6.07, 6.45) is -0.0238. The quantitative estimate of drug-likeness (QED) is 0.756. The molecule has 0 radical (unpaired) electrons. The third-order valence-corrected chi connectivity index (χ3v) is 4.17. The van der Waals surface area contributed by atoms with E-state index in [-0.39, 0.29) is 24.3 Å². The van der Waals surface area contributed by atoms with Gasteiger partial charge in [0.2, 0.25) is 0 Å². The minimum Gasteiger partial charge on any atom is -0.393 e. The lowest BCUT2D eigenvalue weighted by atomic mass is 9.89. The fourth-order valence-corrected chi connectivity index (χ4v) is 2.72. The number of halogens is 3. The van der Waals surface area contributed by atoms with E-state index in [2.05, 4.69) is 20.6 Å². The van der Waals surface area contributed by atoms with Crippen LogP contribution in [-0.4, -0.2) is 27.2 Å². The molecule has 0 aliphatic heterocycles. The first-order valence-corrected chi connectivity index (χ1v) is 7.95. The van der Waals surface area contributed by atoms with Gasteiger partial charge in [-0.05, 0) is 18.9 Å². The van der Waals surface area contributed by atoms with Crippen LogP contribution < -0.4 is 10.6 Å². The molecule has 0 bridgehead atoms. The van der Waals surface area contributed by atoms with Crippen molar-refractivity contribution in [3.63, 3.8) is 0 Å². The number of alkyl halides is 3. The summed E-state index contributed by atoms with van der Waals surface area (Å²) < 4.78 is 39.1. The third-order valence-electron chi connectivity index (χ3n) is 4.17. The molecule has 2 heterocycles. The van der Waals surface area contributed by atoms with Crippen molar-refractivity contribution < 1.29 is 18.3 Å². The van der Waals surface area contributed by atoms with Crippen molar-refractivity contribution in [1.29, 1.82) is 5.26 Å². The molecule has 26 heavy (non-hydrogen) atoms. The van der Waals surface area contributed by atoms with E-state index < -0.39 is 11.7 Å². The van der Waals surface area contributed by atoms with Gasteiger partial charge in [-0.3, -0.25) is 4.98 Å². The van der Waals surface area contributed by atoms with Crippen LogP contribution in [0, 0.1) is 11.3 Å². The van der Waals surface area contributed by atoms with Crippen molar-refractivity contribution in [1.82, 2.24) is 9.97 Å². The fraction of sp³-hybridized carbons (Fsp3) is 0.353. The van der Waals surface area contributed by atoms with Crippen molar-refractivity contribution in [3.8, 4) is 6.07 Å². The minimum absolute atomic E-state index is 0.00258. The number of nitrogens with zero attached hydrogens (tertiary/aromatic N) is 3. The number of nitriles is 1. The lowest BCUT2D eigenvalue weighted by Crippen LogP contribution is -2.39. The number of rotatable bonds is 5. The van der Waals surface area contributed by atoms with Gasteiger partial charge in [-0.15, -0.1) is 0 Å². The van der Waals surface area contributed by atoms with Gasteiger partial charge in [-0.2, -0.15) is 18.4 Å². The van der Waals surface area contributed by atoms with Crippen LogP contribution in [0.3, 0.4) is 0 Å². The Labute approximate surface area is 147 Å². The molecular formula is C17H16F3N5O. The monoisotopic (exact) mass is 363 g/mol. The molecule has 1 fully saturated rings. The zero-order chi connectivity index (χ0) is 18.7. The maximum atomic E-state index is 13.0. The van der Waals surface area contributed by atoms with Gasteiger partial charge in [0.1, 0.15) is 11.9 Å². The molecule has 3 N–H and O–H groups in total. The predicted octanol–water partition coefficient (Wildman–Crippen LogP) is 2.91. The molecule has 3 rings (SSSR count). The van der Waals surface area contributed by atoms with Gasteiger partial charge in [-0.1, -0.05) is 0 Å². The molecular weight excluding hydrogens is 347 g/mol. The van der Waals surface area contributed by atoms with Crippen LogP contribution in [-0.2, 0) is 12.7 Å². The van der Waals surface area contributed by atoms with Crippen LogP contribution in [0.2, 0.25) is 0 Å². The summed E-state index contributed by atoms with van der Waals surface area (Å²) in [6, 6.07) is 4.58. The number of aromatic nitrogens is 2. The Hall–Kier alpha value is -2.86. The summed E-state index contributed by atoms with van der Waals surface area (Å²) in [5.74, 6) is 0.336. The van der Waals surface area contributed by atoms with E-state index in [1.165, 1.54) is 6.20 Å². The van der Waals surface area contributed by atoms with E-state index in [1.807, 2.05) is 6.07 Å². The SMILES string of the molecule is N#Cc1cnc(NCc2cnccc2C(F)(F)F)cc1NC1CC(O)C1. The van der Waals surface area contributed by atoms with Crippen molar-refractivity contribution >= 4 is 11.5 Å². The number of anilines is 2. The number of pyridine rings is 2. The van der Waals surface area contributed by atoms with Crippen LogP contribution in [0.4, 0.5) is 24.7 Å². The molecule has 1 saturated carbocycles. The maximum Gasteiger partial charge on any atom is 0.416 e. The first-order chi connectivity index (χ1) is 12.4. The molecule has 1 aliphatic rings. The normalized spacial score (nSPS) is 19.3. The molecule has 136 valence electrons. The summed E-state index contributed by atoms with van der Waals surface area (Å²) in [5.41, 5.74) is 0.108. The zero-order valence-corrected chi connectivity index (χ0v) is 13.6. The Morgan fingerprint density at radius 1 is 1.31 bits per heavy atom. The number of aliphatic hydroxyl groups excluding tert-OH is 1. The second kappa shape index (κ2) is 7.17. The molecule has 0 spiro atoms. The fourth-order valence-electron chi connectivity index (χ4n) is 2.72. The van der Waals surface area contributed by atoms with Gasteiger partial charge < -0.3 is 15.7 Å². The molecule has 0 amide bonds. The van der Waals surface area contributed by atoms with Crippen molar-refractivity contribution in [2.24, 2.45) is 0 Å². The highest BCUT2D eigenvalue weighted by molar-refractivity contribution is 5.62. The van der Waals surface area contributed by atoms with Crippen LogP contribution in [0.1, 0.15) is 29.5 Å². The standard InChI is InChI=1S/C17H16F3N5O/c18-17(19,20)14-1-2-22-7-11(14)9-24-16-5-15(10(6-21)8-23-16)25-12-3-13(26)4-12/h1-2,5,7-8,12-13,26H,3-4,9H2,(H2,23,24,25). The van der Waals surface area contributed by atoms with Gasteiger partial charge >= 0.3 is 6.18 Å². The molecule has 0 saturated heterocycles. The molecule has 0 aromatic carbocycles. The number of aliphatic hydroxyl groups is 1. The summed E-state index contributed by atoms with van der Waals surface area (Å²) in [4.78, 5) is 7.80. The third kappa shape index (κ3) is 4.03. The van der Waals surface area contributed by atoms with Gasteiger partial charge in [0.25, 0.3) is 0 Å². The van der Waals surface area contributed by atoms with Gasteiger partial charge in [0.15, 0.2) is 0 Å². The van der Waals surface area contributed by atoms with Crippen LogP contribution in [0.5, 0.6) is 0 Å². The van der Waals surface area contributed by atoms with Gasteiger partial charge in [-0.25, -0.2) is 4.98 Å². The lowest BCUT2D eigenvalue weighted by molar-refractivity contribution is -0.138. The number of nitrogens with one attached hydrogen (secondary N) is 2. The molecule has 9 heteroatoms. The van der Waals surface area contributed by atoms with Gasteiger partial charge in [0.05, 0.1) is 22.9 Å². The highest BCUT2D eigenvalue weighted by Gasteiger charge is 2.33. The molecule has 1 aliphatic carbocycles. The zero-order valence-electron chi connectivity index (χ0n) is 13.6. The smallest absolute Gasteiger partial charge is 0.393 e. The first-order valence-electron chi connectivity index (χ1n) is 7.95. The van der Waals surface area contributed by atoms with Crippen molar-refractivity contribution in [2.45, 2.75) is 37.7 Å². The predicted molar refractivity (Wildman–Crippen MR) is 88.2 cm³/mol. The number of hydrogen-bond donors (Lipinski definition) is 3. The average Bonchev–Trinajstić information content (AvgIpc) is 2.58. The molecule has 2 aromatic rings. The summed E-state index contributed by atoms with van der Waals surface area (Å²) in [7, 11) is 0. The van der Waals surface area contributed by atoms with E-state index in [1.54, 1.807) is 6.07 Å². The highest BCUT2D eigenvalue weighted by atomic mass is 19.4. The van der Waals surface area contributed by atoms with Crippen molar-refractivity contribution in [2.75, 3.05) is 10.6 Å². The lowest BCUT2D eigenvalue weighted by Gasteiger charge is -2.33. The Balaban J connectivity index is 1.74. The van der Waals surface area contributed by atoms with E-state index in [4.69, 9.17) is 5.26 Å².